The first kappa shape index (κ1) is 39.7. The second kappa shape index (κ2) is 16.8. The quantitative estimate of drug-likeness (QED) is 0.291. The Hall–Kier alpha value is -1.77. The minimum atomic E-state index is -1.43. The molecule has 6 unspecified atom stereocenters. The van der Waals surface area contributed by atoms with Gasteiger partial charge in [0.2, 0.25) is 0 Å². The maximum absolute atomic E-state index is 13.5. The van der Waals surface area contributed by atoms with Gasteiger partial charge in [0.25, 0.3) is 0 Å². The number of aliphatic hydroxyl groups excluding tert-OH is 2. The molecule has 3 aliphatic heterocycles. The van der Waals surface area contributed by atoms with E-state index in [0.717, 1.165) is 6.42 Å². The van der Waals surface area contributed by atoms with Crippen molar-refractivity contribution in [1.82, 2.24) is 4.90 Å². The molecule has 0 aromatic rings. The second-order valence-electron chi connectivity index (χ2n) is 14.7. The highest BCUT2D eigenvalue weighted by Crippen LogP contribution is 2.36. The molecule has 3 rings (SSSR count). The molecule has 0 aliphatic carbocycles. The number of ketones is 2. The van der Waals surface area contributed by atoms with E-state index < -0.39 is 85.3 Å². The molecule has 2 fully saturated rings. The maximum atomic E-state index is 13.5. The highest BCUT2D eigenvalue weighted by molar-refractivity contribution is 5.97. The Bertz CT molecular complexity index is 1100. The predicted molar refractivity (Wildman–Crippen MR) is 173 cm³/mol. The summed E-state index contributed by atoms with van der Waals surface area (Å²) in [6.07, 6.45) is -2.68. The Labute approximate surface area is 280 Å². The number of hydrogen-bond acceptors (Lipinski definition) is 12. The summed E-state index contributed by atoms with van der Waals surface area (Å²) in [7, 11) is 3.58. The van der Waals surface area contributed by atoms with E-state index in [9.17, 15) is 29.7 Å². The van der Waals surface area contributed by atoms with Gasteiger partial charge in [0.1, 0.15) is 36.6 Å². The zero-order valence-electron chi connectivity index (χ0n) is 29.8. The van der Waals surface area contributed by atoms with Gasteiger partial charge in [-0.05, 0) is 79.0 Å². The highest BCUT2D eigenvalue weighted by Gasteiger charge is 2.51. The van der Waals surface area contributed by atoms with Gasteiger partial charge in [0.05, 0.1) is 30.0 Å². The molecule has 0 aromatic heterocycles. The van der Waals surface area contributed by atoms with Crippen molar-refractivity contribution in [3.8, 4) is 0 Å². The number of ether oxygens (including phenoxy) is 5. The number of carbonyl (C=O) groups is 3. The van der Waals surface area contributed by atoms with Crippen molar-refractivity contribution in [2.45, 2.75) is 154 Å². The van der Waals surface area contributed by atoms with E-state index >= 15 is 0 Å². The molecule has 0 spiro atoms. The topological polar surface area (TPSA) is 161 Å². The molecule has 0 aromatic carbocycles. The number of rotatable bonds is 5. The van der Waals surface area contributed by atoms with Crippen molar-refractivity contribution in [3.05, 3.63) is 12.2 Å². The number of carbonyl (C=O) groups excluding carboxylic acids is 3. The summed E-state index contributed by atoms with van der Waals surface area (Å²) in [5, 5.41) is 32.8. The van der Waals surface area contributed by atoms with Gasteiger partial charge in [-0.1, -0.05) is 33.8 Å². The molecule has 0 bridgehead atoms. The zero-order chi connectivity index (χ0) is 35.4. The summed E-state index contributed by atoms with van der Waals surface area (Å²) in [6.45, 7) is 14.2. The van der Waals surface area contributed by atoms with Crippen LogP contribution in [0.25, 0.3) is 0 Å². The molecule has 270 valence electrons. The Balaban J connectivity index is 1.85. The standard InChI is InChI=1S/C35H59NO11/c1-18-13-11-12-14-25(37)19(2)15-20(3)31(21(4)26(38)16-27(39)43-22(18)5)47-34-30(40)29(36(9)10)32(23(6)45-34)46-28-17-35(8,42)33(41)24(7)44-28/h12,14,18-24,28-34,40-42H,11,13,15-17H2,1-10H3/b14-12+/t18-,19+,20-,21-,22+,23-,24+,28?,29?,30?,31-,32?,33?,34-,35?/m0/s1. The molecule has 3 heterocycles. The van der Waals surface area contributed by atoms with E-state index in [1.807, 2.05) is 26.8 Å². The van der Waals surface area contributed by atoms with Crippen LogP contribution >= 0.6 is 0 Å². The molecular formula is C35H59NO11. The molecular weight excluding hydrogens is 610 g/mol. The number of hydrogen-bond donors (Lipinski definition) is 3. The van der Waals surface area contributed by atoms with Crippen LogP contribution in [0, 0.1) is 23.7 Å². The van der Waals surface area contributed by atoms with Crippen molar-refractivity contribution in [1.29, 1.82) is 0 Å². The molecule has 15 atom stereocenters. The third-order valence-corrected chi connectivity index (χ3v) is 10.3. The lowest BCUT2D eigenvalue weighted by molar-refractivity contribution is -0.340. The number of cyclic esters (lactones) is 1. The minimum absolute atomic E-state index is 0.0172. The lowest BCUT2D eigenvalue weighted by Gasteiger charge is -2.49. The van der Waals surface area contributed by atoms with Crippen molar-refractivity contribution < 1.29 is 53.4 Å². The van der Waals surface area contributed by atoms with Crippen molar-refractivity contribution in [2.24, 2.45) is 23.7 Å². The molecule has 0 amide bonds. The fraction of sp³-hybridized carbons (Fsp3) is 0.857. The lowest BCUT2D eigenvalue weighted by atomic mass is 9.82. The molecule has 12 nitrogen and oxygen atoms in total. The molecule has 47 heavy (non-hydrogen) atoms. The fourth-order valence-electron chi connectivity index (χ4n) is 7.00. The van der Waals surface area contributed by atoms with Crippen molar-refractivity contribution in [2.75, 3.05) is 14.1 Å². The van der Waals surface area contributed by atoms with Gasteiger partial charge in [-0.3, -0.25) is 14.4 Å². The number of aliphatic hydroxyl groups is 3. The monoisotopic (exact) mass is 669 g/mol. The normalized spacial score (nSPS) is 45.9. The Morgan fingerprint density at radius 3 is 2.17 bits per heavy atom. The Morgan fingerprint density at radius 2 is 1.55 bits per heavy atom. The van der Waals surface area contributed by atoms with E-state index in [-0.39, 0.29) is 35.7 Å². The van der Waals surface area contributed by atoms with Crippen LogP contribution in [-0.4, -0.2) is 119 Å². The number of likely N-dealkylation sites (N-methyl/N-ethyl adjacent to an activating group) is 1. The SMILES string of the molecule is C[C@@H]1C[C@H](C)[C@H](O[C@@H]2O[C@@H](C)C(OC3CC(C)(O)C(O)[C@@H](C)O3)C(N(C)C)C2O)[C@@H](C)C(=O)CC(=O)O[C@H](C)[C@@H](C)CC/C=C/C1=O. The van der Waals surface area contributed by atoms with Crippen molar-refractivity contribution in [3.63, 3.8) is 0 Å². The van der Waals surface area contributed by atoms with Crippen LogP contribution in [0.15, 0.2) is 12.2 Å². The van der Waals surface area contributed by atoms with Crippen molar-refractivity contribution >= 4 is 17.5 Å². The first-order valence-corrected chi connectivity index (χ1v) is 17.1. The summed E-state index contributed by atoms with van der Waals surface area (Å²) < 4.78 is 30.5. The van der Waals surface area contributed by atoms with Crippen LogP contribution in [-0.2, 0) is 38.1 Å². The van der Waals surface area contributed by atoms with E-state index in [1.54, 1.807) is 52.8 Å². The van der Waals surface area contributed by atoms with E-state index in [4.69, 9.17) is 23.7 Å². The summed E-state index contributed by atoms with van der Waals surface area (Å²) in [5.74, 6) is -2.38. The molecule has 12 heteroatoms. The largest absolute Gasteiger partial charge is 0.462 e. The van der Waals surface area contributed by atoms with Crippen LogP contribution in [0.4, 0.5) is 0 Å². The Morgan fingerprint density at radius 1 is 0.894 bits per heavy atom. The number of nitrogens with zero attached hydrogens (tertiary/aromatic N) is 1. The number of esters is 1. The maximum Gasteiger partial charge on any atom is 0.313 e. The summed E-state index contributed by atoms with van der Waals surface area (Å²) >= 11 is 0. The molecule has 0 saturated carbocycles. The Kier molecular flexibility index (Phi) is 14.1. The van der Waals surface area contributed by atoms with Gasteiger partial charge in [0, 0.05) is 18.3 Å². The van der Waals surface area contributed by atoms with E-state index in [1.165, 1.54) is 6.92 Å². The van der Waals surface area contributed by atoms with Gasteiger partial charge in [-0.2, -0.15) is 0 Å². The number of allylic oxidation sites excluding steroid dienone is 2. The van der Waals surface area contributed by atoms with Gasteiger partial charge in [-0.15, -0.1) is 0 Å². The molecule has 3 aliphatic rings. The van der Waals surface area contributed by atoms with Crippen LogP contribution < -0.4 is 0 Å². The molecule has 3 N–H and O–H groups in total. The van der Waals surface area contributed by atoms with Gasteiger partial charge in [0.15, 0.2) is 18.4 Å². The second-order valence-corrected chi connectivity index (χ2v) is 14.7. The minimum Gasteiger partial charge on any atom is -0.462 e. The van der Waals surface area contributed by atoms with Gasteiger partial charge < -0.3 is 43.9 Å². The summed E-state index contributed by atoms with van der Waals surface area (Å²) in [4.78, 5) is 41.1. The summed E-state index contributed by atoms with van der Waals surface area (Å²) in [5.41, 5.74) is -1.43. The highest BCUT2D eigenvalue weighted by atomic mass is 16.7. The smallest absolute Gasteiger partial charge is 0.313 e. The van der Waals surface area contributed by atoms with E-state index in [0.29, 0.717) is 12.8 Å². The fourth-order valence-corrected chi connectivity index (χ4v) is 7.00. The zero-order valence-corrected chi connectivity index (χ0v) is 29.8. The van der Waals surface area contributed by atoms with Gasteiger partial charge in [-0.25, -0.2) is 0 Å². The first-order valence-electron chi connectivity index (χ1n) is 17.1. The summed E-state index contributed by atoms with van der Waals surface area (Å²) in [6, 6.07) is -0.643. The third kappa shape index (κ3) is 10.1. The molecule has 0 radical (unpaired) electrons. The first-order chi connectivity index (χ1) is 21.8. The molecule has 2 saturated heterocycles. The predicted octanol–water partition coefficient (Wildman–Crippen LogP) is 2.78. The lowest BCUT2D eigenvalue weighted by Crippen LogP contribution is -2.65. The number of Topliss-reactive ketones (excluding diaryl/α,β-unsaturated/α-hetero) is 1. The average molecular weight is 670 g/mol. The third-order valence-electron chi connectivity index (χ3n) is 10.3. The van der Waals surface area contributed by atoms with E-state index in [2.05, 4.69) is 0 Å². The van der Waals surface area contributed by atoms with Crippen LogP contribution in [0.2, 0.25) is 0 Å². The van der Waals surface area contributed by atoms with Crippen LogP contribution in [0.5, 0.6) is 0 Å². The van der Waals surface area contributed by atoms with Crippen LogP contribution in [0.3, 0.4) is 0 Å². The average Bonchev–Trinajstić information content (AvgIpc) is 2.97. The van der Waals surface area contributed by atoms with Crippen LogP contribution in [0.1, 0.15) is 87.5 Å². The van der Waals surface area contributed by atoms with Gasteiger partial charge >= 0.3 is 5.97 Å².